The zero-order valence-electron chi connectivity index (χ0n) is 27.9. The lowest BCUT2D eigenvalue weighted by atomic mass is 9.83. The zero-order chi connectivity index (χ0) is 34.2. The summed E-state index contributed by atoms with van der Waals surface area (Å²) >= 11 is 0. The second-order valence-corrected chi connectivity index (χ2v) is 13.1. The molecular formula is C34H55N7O6. The Morgan fingerprint density at radius 3 is 2.34 bits per heavy atom. The number of nitrogens with one attached hydrogen (secondary N) is 3. The highest BCUT2D eigenvalue weighted by Gasteiger charge is 2.30. The van der Waals surface area contributed by atoms with Crippen molar-refractivity contribution in [1.82, 2.24) is 20.2 Å². The van der Waals surface area contributed by atoms with Crippen molar-refractivity contribution in [1.29, 1.82) is 0 Å². The molecule has 1 saturated carbocycles. The molecule has 47 heavy (non-hydrogen) atoms. The first-order valence-corrected chi connectivity index (χ1v) is 16.9. The standard InChI is InChI=1S/C20H26N6O4.C14H29NO2/c21-19(28)16(10-15-12-22-13-23-15)25-20(29)17(24-14-4-2-1-3-5-14)11-18(27)26-6-8-30-9-7-26;1-10(2)8-13(16)14(17)12(15)9-11-6-4-3-5-7-11/h1-5,12-13,16-17,24H,6-11H2,(H2,21,28)(H,22,23)(H,25,29);10-14,16-17H,3-9,15H2,1-2H3/t;12-,13-,14+/m.0/s1. The molecule has 1 aliphatic heterocycles. The number of nitrogens with two attached hydrogens (primary N) is 2. The summed E-state index contributed by atoms with van der Waals surface area (Å²) in [4.78, 5) is 46.1. The number of hydrogen-bond donors (Lipinski definition) is 7. The quantitative estimate of drug-likeness (QED) is 0.148. The maximum atomic E-state index is 13.0. The Balaban J connectivity index is 0.000000300. The number of amides is 3. The number of para-hydroxylation sites is 1. The number of morpholine rings is 1. The van der Waals surface area contributed by atoms with Crippen LogP contribution in [0.1, 0.15) is 70.9 Å². The third kappa shape index (κ3) is 13.6. The summed E-state index contributed by atoms with van der Waals surface area (Å²) in [5.74, 6) is -0.282. The van der Waals surface area contributed by atoms with Gasteiger partial charge in [0, 0.05) is 37.4 Å². The van der Waals surface area contributed by atoms with Crippen LogP contribution in [-0.4, -0.2) is 99.4 Å². The van der Waals surface area contributed by atoms with E-state index in [0.29, 0.717) is 55.9 Å². The van der Waals surface area contributed by atoms with Gasteiger partial charge in [0.25, 0.3) is 0 Å². The maximum Gasteiger partial charge on any atom is 0.243 e. The maximum absolute atomic E-state index is 13.0. The van der Waals surface area contributed by atoms with Gasteiger partial charge in [-0.15, -0.1) is 0 Å². The van der Waals surface area contributed by atoms with Gasteiger partial charge in [-0.05, 0) is 36.8 Å². The first-order valence-electron chi connectivity index (χ1n) is 16.9. The summed E-state index contributed by atoms with van der Waals surface area (Å²) < 4.78 is 5.28. The van der Waals surface area contributed by atoms with Crippen LogP contribution in [0.25, 0.3) is 0 Å². The normalized spacial score (nSPS) is 18.6. The number of aliphatic hydroxyl groups excluding tert-OH is 2. The number of aromatic amines is 1. The van der Waals surface area contributed by atoms with Gasteiger partial charge in [-0.25, -0.2) is 4.98 Å². The number of ether oxygens (including phenoxy) is 1. The van der Waals surface area contributed by atoms with E-state index < -0.39 is 36.1 Å². The molecule has 13 nitrogen and oxygen atoms in total. The molecule has 5 atom stereocenters. The van der Waals surface area contributed by atoms with E-state index >= 15 is 0 Å². The number of anilines is 1. The fourth-order valence-electron chi connectivity index (χ4n) is 6.02. The number of H-pyrrole nitrogens is 1. The molecule has 2 heterocycles. The second kappa shape index (κ2) is 20.0. The molecule has 1 aromatic heterocycles. The van der Waals surface area contributed by atoms with E-state index in [0.717, 1.165) is 6.42 Å². The number of aliphatic hydroxyl groups is 2. The van der Waals surface area contributed by atoms with Crippen LogP contribution < -0.4 is 22.1 Å². The molecule has 0 bridgehead atoms. The first-order chi connectivity index (χ1) is 22.5. The summed E-state index contributed by atoms with van der Waals surface area (Å²) in [5.41, 5.74) is 12.8. The molecule has 2 unspecified atom stereocenters. The molecule has 2 aromatic rings. The number of benzene rings is 1. The van der Waals surface area contributed by atoms with E-state index in [1.54, 1.807) is 23.2 Å². The number of primary amides is 1. The minimum Gasteiger partial charge on any atom is -0.390 e. The Hall–Kier alpha value is -3.52. The molecule has 0 spiro atoms. The van der Waals surface area contributed by atoms with Gasteiger partial charge >= 0.3 is 0 Å². The summed E-state index contributed by atoms with van der Waals surface area (Å²) in [6.45, 7) is 6.01. The van der Waals surface area contributed by atoms with E-state index in [1.807, 2.05) is 32.0 Å². The van der Waals surface area contributed by atoms with Crippen LogP contribution in [0.5, 0.6) is 0 Å². The Labute approximate surface area is 278 Å². The van der Waals surface area contributed by atoms with Gasteiger partial charge in [-0.2, -0.15) is 0 Å². The van der Waals surface area contributed by atoms with Gasteiger partial charge in [0.2, 0.25) is 17.7 Å². The SMILES string of the molecule is CC(C)C[C@H](O)[C@H](O)[C@@H](N)CC1CCCCC1.NC(=O)C(Cc1c[nH]cn1)NC(=O)C(CC(=O)N1CCOCC1)Nc1ccccc1. The summed E-state index contributed by atoms with van der Waals surface area (Å²) in [6.07, 6.45) is 9.65. The van der Waals surface area contributed by atoms with Gasteiger partial charge < -0.3 is 46.9 Å². The van der Waals surface area contributed by atoms with Crippen molar-refractivity contribution < 1.29 is 29.3 Å². The second-order valence-electron chi connectivity index (χ2n) is 13.1. The monoisotopic (exact) mass is 657 g/mol. The van der Waals surface area contributed by atoms with E-state index in [4.69, 9.17) is 16.2 Å². The van der Waals surface area contributed by atoms with Crippen LogP contribution >= 0.6 is 0 Å². The summed E-state index contributed by atoms with van der Waals surface area (Å²) in [6, 6.07) is 7.01. The lowest BCUT2D eigenvalue weighted by Gasteiger charge is -2.29. The minimum absolute atomic E-state index is 0.0609. The highest BCUT2D eigenvalue weighted by atomic mass is 16.5. The topological polar surface area (TPSA) is 209 Å². The zero-order valence-corrected chi connectivity index (χ0v) is 27.9. The molecular weight excluding hydrogens is 602 g/mol. The summed E-state index contributed by atoms with van der Waals surface area (Å²) in [7, 11) is 0. The number of rotatable bonds is 15. The van der Waals surface area contributed by atoms with Gasteiger partial charge in [0.05, 0.1) is 43.9 Å². The van der Waals surface area contributed by atoms with Crippen molar-refractivity contribution in [3.8, 4) is 0 Å². The molecule has 2 aliphatic rings. The number of hydrogen-bond acceptors (Lipinski definition) is 9. The van der Waals surface area contributed by atoms with Gasteiger partial charge in [-0.3, -0.25) is 14.4 Å². The lowest BCUT2D eigenvalue weighted by molar-refractivity contribution is -0.137. The molecule has 2 fully saturated rings. The average molecular weight is 658 g/mol. The van der Waals surface area contributed by atoms with Crippen LogP contribution in [0.2, 0.25) is 0 Å². The van der Waals surface area contributed by atoms with Crippen molar-refractivity contribution in [3.05, 3.63) is 48.5 Å². The number of carbonyl (C=O) groups is 3. The predicted octanol–water partition coefficient (Wildman–Crippen LogP) is 1.70. The molecule has 262 valence electrons. The number of aromatic nitrogens is 2. The molecule has 1 saturated heterocycles. The molecule has 4 rings (SSSR count). The largest absolute Gasteiger partial charge is 0.390 e. The van der Waals surface area contributed by atoms with Gasteiger partial charge in [-0.1, -0.05) is 64.2 Å². The van der Waals surface area contributed by atoms with E-state index in [2.05, 4.69) is 20.6 Å². The molecule has 0 radical (unpaired) electrons. The molecule has 1 aliphatic carbocycles. The Morgan fingerprint density at radius 1 is 1.06 bits per heavy atom. The van der Waals surface area contributed by atoms with Crippen molar-refractivity contribution in [3.63, 3.8) is 0 Å². The van der Waals surface area contributed by atoms with Gasteiger partial charge in [0.15, 0.2) is 0 Å². The third-order valence-corrected chi connectivity index (χ3v) is 8.68. The van der Waals surface area contributed by atoms with Crippen LogP contribution in [0, 0.1) is 11.8 Å². The van der Waals surface area contributed by atoms with Crippen LogP contribution in [0.3, 0.4) is 0 Å². The fourth-order valence-corrected chi connectivity index (χ4v) is 6.02. The average Bonchev–Trinajstić information content (AvgIpc) is 3.58. The van der Waals surface area contributed by atoms with Crippen molar-refractivity contribution in [2.24, 2.45) is 23.3 Å². The smallest absolute Gasteiger partial charge is 0.243 e. The molecule has 9 N–H and O–H groups in total. The molecule has 3 amide bonds. The fraction of sp³-hybridized carbons (Fsp3) is 0.647. The Morgan fingerprint density at radius 2 is 1.74 bits per heavy atom. The summed E-state index contributed by atoms with van der Waals surface area (Å²) in [5, 5.41) is 25.6. The van der Waals surface area contributed by atoms with Crippen LogP contribution in [0.4, 0.5) is 5.69 Å². The van der Waals surface area contributed by atoms with Crippen molar-refractivity contribution in [2.45, 2.75) is 102 Å². The number of nitrogens with zero attached hydrogens (tertiary/aromatic N) is 2. The first kappa shape index (κ1) is 37.9. The molecule has 13 heteroatoms. The Kier molecular flexibility index (Phi) is 16.1. The predicted molar refractivity (Wildman–Crippen MR) is 180 cm³/mol. The van der Waals surface area contributed by atoms with E-state index in [-0.39, 0.29) is 24.8 Å². The highest BCUT2D eigenvalue weighted by Crippen LogP contribution is 2.28. The third-order valence-electron chi connectivity index (χ3n) is 8.68. The van der Waals surface area contributed by atoms with Crippen molar-refractivity contribution in [2.75, 3.05) is 31.6 Å². The van der Waals surface area contributed by atoms with Gasteiger partial charge in [0.1, 0.15) is 12.1 Å². The highest BCUT2D eigenvalue weighted by molar-refractivity contribution is 5.93. The Bertz CT molecular complexity index is 1190. The van der Waals surface area contributed by atoms with Crippen LogP contribution in [-0.2, 0) is 25.5 Å². The molecule has 1 aromatic carbocycles. The number of imidazole rings is 1. The number of carbonyl (C=O) groups excluding carboxylic acids is 3. The van der Waals surface area contributed by atoms with Crippen molar-refractivity contribution >= 4 is 23.4 Å². The van der Waals surface area contributed by atoms with Crippen LogP contribution in [0.15, 0.2) is 42.9 Å². The van der Waals surface area contributed by atoms with E-state index in [9.17, 15) is 24.6 Å². The lowest BCUT2D eigenvalue weighted by Crippen LogP contribution is -2.52. The minimum atomic E-state index is -0.945. The van der Waals surface area contributed by atoms with E-state index in [1.165, 1.54) is 38.4 Å².